The second-order valence-electron chi connectivity index (χ2n) is 6.70. The maximum Gasteiger partial charge on any atom is 0.0780 e. The van der Waals surface area contributed by atoms with Crippen LogP contribution in [-0.4, -0.2) is 25.9 Å². The summed E-state index contributed by atoms with van der Waals surface area (Å²) in [6, 6.07) is 0. The van der Waals surface area contributed by atoms with E-state index in [-0.39, 0.29) is 6.10 Å². The third-order valence-corrected chi connectivity index (χ3v) is 4.22. The van der Waals surface area contributed by atoms with Crippen LogP contribution < -0.4 is 0 Å². The van der Waals surface area contributed by atoms with Crippen molar-refractivity contribution >= 4 is 0 Å². The van der Waals surface area contributed by atoms with Crippen LogP contribution in [0.2, 0.25) is 0 Å². The maximum absolute atomic E-state index is 5.89. The van der Waals surface area contributed by atoms with Crippen molar-refractivity contribution in [3.8, 4) is 0 Å². The summed E-state index contributed by atoms with van der Waals surface area (Å²) in [4.78, 5) is 0. The van der Waals surface area contributed by atoms with Crippen LogP contribution in [0.3, 0.4) is 0 Å². The molecule has 128 valence electrons. The fraction of sp³-hybridized carbons (Fsp3) is 1.00. The molecule has 0 spiro atoms. The predicted octanol–water partition coefficient (Wildman–Crippen LogP) is 5.84. The Labute approximate surface area is 134 Å². The molecule has 0 bridgehead atoms. The van der Waals surface area contributed by atoms with Crippen LogP contribution >= 0.6 is 0 Å². The quantitative estimate of drug-likeness (QED) is 0.354. The van der Waals surface area contributed by atoms with Crippen LogP contribution in [0.25, 0.3) is 0 Å². The molecule has 3 atom stereocenters. The zero-order chi connectivity index (χ0) is 15.9. The maximum atomic E-state index is 5.89. The first-order valence-electron chi connectivity index (χ1n) is 9.33. The summed E-state index contributed by atoms with van der Waals surface area (Å²) in [6.07, 6.45) is 10.6. The van der Waals surface area contributed by atoms with Gasteiger partial charge in [-0.05, 0) is 31.6 Å². The highest BCUT2D eigenvalue weighted by Crippen LogP contribution is 2.14. The highest BCUT2D eigenvalue weighted by Gasteiger charge is 2.10. The Bertz CT molecular complexity index is 206. The van der Waals surface area contributed by atoms with Crippen molar-refractivity contribution < 1.29 is 9.47 Å². The van der Waals surface area contributed by atoms with E-state index in [0.717, 1.165) is 25.7 Å². The molecule has 0 rings (SSSR count). The fourth-order valence-corrected chi connectivity index (χ4v) is 2.50. The lowest BCUT2D eigenvalue weighted by atomic mass is 10.00. The van der Waals surface area contributed by atoms with Crippen LogP contribution in [0.5, 0.6) is 0 Å². The highest BCUT2D eigenvalue weighted by molar-refractivity contribution is 4.58. The summed E-state index contributed by atoms with van der Waals surface area (Å²) in [5.74, 6) is 1.40. The van der Waals surface area contributed by atoms with E-state index in [1.165, 1.54) is 51.4 Å². The van der Waals surface area contributed by atoms with Crippen molar-refractivity contribution in [3.05, 3.63) is 0 Å². The van der Waals surface area contributed by atoms with Gasteiger partial charge in [0.05, 0.1) is 12.7 Å². The zero-order valence-corrected chi connectivity index (χ0v) is 15.3. The van der Waals surface area contributed by atoms with Gasteiger partial charge in [0.15, 0.2) is 0 Å². The van der Waals surface area contributed by atoms with Crippen molar-refractivity contribution in [1.29, 1.82) is 0 Å². The molecule has 0 aliphatic carbocycles. The van der Waals surface area contributed by atoms with Crippen LogP contribution in [0, 0.1) is 11.8 Å². The van der Waals surface area contributed by atoms with Crippen LogP contribution in [-0.2, 0) is 9.47 Å². The van der Waals surface area contributed by atoms with Crippen molar-refractivity contribution in [2.45, 2.75) is 92.1 Å². The number of ether oxygens (including phenoxy) is 2. The van der Waals surface area contributed by atoms with Gasteiger partial charge in [-0.15, -0.1) is 0 Å². The molecule has 0 aliphatic heterocycles. The molecule has 0 amide bonds. The lowest BCUT2D eigenvalue weighted by Gasteiger charge is -2.19. The largest absolute Gasteiger partial charge is 0.378 e. The number of rotatable bonds is 15. The van der Waals surface area contributed by atoms with E-state index in [2.05, 4.69) is 34.6 Å². The average molecular weight is 301 g/mol. The third kappa shape index (κ3) is 13.3. The first-order valence-corrected chi connectivity index (χ1v) is 9.33. The number of hydrogen-bond acceptors (Lipinski definition) is 2. The van der Waals surface area contributed by atoms with Crippen molar-refractivity contribution in [2.24, 2.45) is 11.8 Å². The van der Waals surface area contributed by atoms with E-state index in [1.54, 1.807) is 0 Å². The van der Waals surface area contributed by atoms with Gasteiger partial charge in [-0.3, -0.25) is 0 Å². The predicted molar refractivity (Wildman–Crippen MR) is 92.8 cm³/mol. The minimum Gasteiger partial charge on any atom is -0.378 e. The molecule has 2 heteroatoms. The molecule has 2 nitrogen and oxygen atoms in total. The molecule has 0 aromatic carbocycles. The van der Waals surface area contributed by atoms with E-state index < -0.39 is 0 Å². The van der Waals surface area contributed by atoms with Gasteiger partial charge in [-0.2, -0.15) is 0 Å². The summed E-state index contributed by atoms with van der Waals surface area (Å²) in [6.45, 7) is 13.7. The first kappa shape index (κ1) is 20.9. The van der Waals surface area contributed by atoms with Gasteiger partial charge >= 0.3 is 0 Å². The summed E-state index contributed by atoms with van der Waals surface area (Å²) in [5.41, 5.74) is 0. The summed E-state index contributed by atoms with van der Waals surface area (Å²) < 4.78 is 11.8. The average Bonchev–Trinajstić information content (AvgIpc) is 2.49. The molecular formula is C19H40O2. The second kappa shape index (κ2) is 14.8. The van der Waals surface area contributed by atoms with Crippen molar-refractivity contribution in [1.82, 2.24) is 0 Å². The standard InChI is InChI=1S/C19H40O2/c1-6-9-11-13-19(8-3)16-20-15-18(5)21-14-17(4)12-10-7-2/h17-19H,6-16H2,1-5H3. The Kier molecular flexibility index (Phi) is 14.8. The second-order valence-corrected chi connectivity index (χ2v) is 6.70. The molecular weight excluding hydrogens is 260 g/mol. The zero-order valence-electron chi connectivity index (χ0n) is 15.3. The van der Waals surface area contributed by atoms with Gasteiger partial charge in [-0.1, -0.05) is 66.2 Å². The van der Waals surface area contributed by atoms with Gasteiger partial charge in [0.25, 0.3) is 0 Å². The molecule has 0 fully saturated rings. The summed E-state index contributed by atoms with van der Waals surface area (Å²) >= 11 is 0. The number of hydrogen-bond donors (Lipinski definition) is 0. The molecule has 21 heavy (non-hydrogen) atoms. The van der Waals surface area contributed by atoms with Gasteiger partial charge in [-0.25, -0.2) is 0 Å². The lowest BCUT2D eigenvalue weighted by molar-refractivity contribution is -0.0273. The van der Waals surface area contributed by atoms with E-state index >= 15 is 0 Å². The van der Waals surface area contributed by atoms with Gasteiger partial charge < -0.3 is 9.47 Å². The number of unbranched alkanes of at least 4 members (excludes halogenated alkanes) is 3. The molecule has 0 aromatic rings. The molecule has 0 N–H and O–H groups in total. The van der Waals surface area contributed by atoms with Crippen LogP contribution in [0.1, 0.15) is 86.0 Å². The Morgan fingerprint density at radius 2 is 1.48 bits per heavy atom. The molecule has 0 radical (unpaired) electrons. The highest BCUT2D eigenvalue weighted by atomic mass is 16.5. The molecule has 0 aromatic heterocycles. The summed E-state index contributed by atoms with van der Waals surface area (Å²) in [5, 5.41) is 0. The first-order chi connectivity index (χ1) is 10.1. The van der Waals surface area contributed by atoms with E-state index in [9.17, 15) is 0 Å². The van der Waals surface area contributed by atoms with Crippen LogP contribution in [0.15, 0.2) is 0 Å². The van der Waals surface area contributed by atoms with E-state index in [0.29, 0.717) is 5.92 Å². The Morgan fingerprint density at radius 3 is 2.10 bits per heavy atom. The van der Waals surface area contributed by atoms with Crippen molar-refractivity contribution in [3.63, 3.8) is 0 Å². The Hall–Kier alpha value is -0.0800. The molecule has 0 aliphatic rings. The molecule has 3 unspecified atom stereocenters. The van der Waals surface area contributed by atoms with Gasteiger partial charge in [0.1, 0.15) is 0 Å². The molecule has 0 saturated carbocycles. The topological polar surface area (TPSA) is 18.5 Å². The molecule has 0 heterocycles. The van der Waals surface area contributed by atoms with Crippen LogP contribution in [0.4, 0.5) is 0 Å². The Balaban J connectivity index is 3.60. The monoisotopic (exact) mass is 300 g/mol. The smallest absolute Gasteiger partial charge is 0.0780 e. The normalized spacial score (nSPS) is 15.9. The summed E-state index contributed by atoms with van der Waals surface area (Å²) in [7, 11) is 0. The molecule has 0 saturated heterocycles. The Morgan fingerprint density at radius 1 is 0.762 bits per heavy atom. The van der Waals surface area contributed by atoms with Gasteiger partial charge in [0, 0.05) is 13.2 Å². The van der Waals surface area contributed by atoms with Crippen molar-refractivity contribution in [2.75, 3.05) is 19.8 Å². The minimum absolute atomic E-state index is 0.224. The SMILES string of the molecule is CCCCCC(CC)COCC(C)OCC(C)CCCC. The van der Waals surface area contributed by atoms with Gasteiger partial charge in [0.2, 0.25) is 0 Å². The fourth-order valence-electron chi connectivity index (χ4n) is 2.50. The minimum atomic E-state index is 0.224. The lowest BCUT2D eigenvalue weighted by Crippen LogP contribution is -2.21. The third-order valence-electron chi connectivity index (χ3n) is 4.22. The van der Waals surface area contributed by atoms with E-state index in [1.807, 2.05) is 0 Å². The van der Waals surface area contributed by atoms with E-state index in [4.69, 9.17) is 9.47 Å².